The molecule has 0 radical (unpaired) electrons. The van der Waals surface area contributed by atoms with Crippen molar-refractivity contribution in [2.24, 2.45) is 5.84 Å². The molecular formula is C10H17N5O. The molecule has 0 spiro atoms. The van der Waals surface area contributed by atoms with Gasteiger partial charge in [-0.15, -0.1) is 0 Å². The van der Waals surface area contributed by atoms with Gasteiger partial charge in [0.25, 0.3) is 0 Å². The van der Waals surface area contributed by atoms with E-state index in [4.69, 9.17) is 10.6 Å². The zero-order chi connectivity index (χ0) is 11.5. The number of nitrogens with zero attached hydrogens (tertiary/aromatic N) is 3. The molecule has 1 aromatic rings. The first-order valence-electron chi connectivity index (χ1n) is 5.32. The second-order valence-electron chi connectivity index (χ2n) is 3.91. The number of nitrogens with one attached hydrogen (secondary N) is 1. The van der Waals surface area contributed by atoms with Crippen molar-refractivity contribution in [2.45, 2.75) is 19.4 Å². The molecule has 16 heavy (non-hydrogen) atoms. The van der Waals surface area contributed by atoms with Crippen LogP contribution in [0.5, 0.6) is 0 Å². The molecule has 1 unspecified atom stereocenters. The molecule has 1 fully saturated rings. The SMILES string of the molecule is COC1CCN(c2ncnc(NN)c2C)C1. The third-order valence-electron chi connectivity index (χ3n) is 2.97. The summed E-state index contributed by atoms with van der Waals surface area (Å²) in [5.41, 5.74) is 3.55. The van der Waals surface area contributed by atoms with Gasteiger partial charge in [0.15, 0.2) is 0 Å². The van der Waals surface area contributed by atoms with Gasteiger partial charge in [0.2, 0.25) is 0 Å². The van der Waals surface area contributed by atoms with Crippen LogP contribution in [0.25, 0.3) is 0 Å². The van der Waals surface area contributed by atoms with Crippen molar-refractivity contribution in [1.29, 1.82) is 0 Å². The zero-order valence-electron chi connectivity index (χ0n) is 9.60. The van der Waals surface area contributed by atoms with Crippen LogP contribution in [0.4, 0.5) is 11.6 Å². The lowest BCUT2D eigenvalue weighted by molar-refractivity contribution is 0.121. The first-order chi connectivity index (χ1) is 7.76. The Morgan fingerprint density at radius 1 is 1.56 bits per heavy atom. The van der Waals surface area contributed by atoms with Crippen molar-refractivity contribution in [2.75, 3.05) is 30.5 Å². The van der Waals surface area contributed by atoms with Gasteiger partial charge in [-0.2, -0.15) is 0 Å². The lowest BCUT2D eigenvalue weighted by Gasteiger charge is -2.20. The van der Waals surface area contributed by atoms with Crippen LogP contribution in [0.1, 0.15) is 12.0 Å². The fraction of sp³-hybridized carbons (Fsp3) is 0.600. The van der Waals surface area contributed by atoms with E-state index < -0.39 is 0 Å². The molecule has 1 saturated heterocycles. The molecule has 88 valence electrons. The van der Waals surface area contributed by atoms with Crippen molar-refractivity contribution >= 4 is 11.6 Å². The van der Waals surface area contributed by atoms with Gasteiger partial charge >= 0.3 is 0 Å². The minimum absolute atomic E-state index is 0.295. The highest BCUT2D eigenvalue weighted by atomic mass is 16.5. The number of hydrazine groups is 1. The smallest absolute Gasteiger partial charge is 0.148 e. The van der Waals surface area contributed by atoms with Crippen molar-refractivity contribution in [3.8, 4) is 0 Å². The molecule has 0 saturated carbocycles. The highest BCUT2D eigenvalue weighted by Crippen LogP contribution is 2.25. The maximum Gasteiger partial charge on any atom is 0.148 e. The summed E-state index contributed by atoms with van der Waals surface area (Å²) < 4.78 is 5.33. The van der Waals surface area contributed by atoms with E-state index in [-0.39, 0.29) is 0 Å². The van der Waals surface area contributed by atoms with Crippen LogP contribution in [-0.4, -0.2) is 36.3 Å². The number of rotatable bonds is 3. The van der Waals surface area contributed by atoms with Gasteiger partial charge in [0, 0.05) is 25.8 Å². The van der Waals surface area contributed by atoms with Gasteiger partial charge in [-0.25, -0.2) is 15.8 Å². The lowest BCUT2D eigenvalue weighted by Crippen LogP contribution is -2.25. The van der Waals surface area contributed by atoms with Crippen LogP contribution >= 0.6 is 0 Å². The van der Waals surface area contributed by atoms with E-state index in [2.05, 4.69) is 20.3 Å². The third kappa shape index (κ3) is 1.94. The predicted octanol–water partition coefficient (Wildman–Crippen LogP) is 0.296. The van der Waals surface area contributed by atoms with Crippen LogP contribution in [0.2, 0.25) is 0 Å². The Kier molecular flexibility index (Phi) is 3.21. The van der Waals surface area contributed by atoms with Gasteiger partial charge in [-0.1, -0.05) is 0 Å². The summed E-state index contributed by atoms with van der Waals surface area (Å²) in [6.45, 7) is 3.80. The van der Waals surface area contributed by atoms with Crippen molar-refractivity contribution in [3.63, 3.8) is 0 Å². The standard InChI is InChI=1S/C10H17N5O/c1-7-9(14-11)12-6-13-10(7)15-4-3-8(5-15)16-2/h6,8H,3-5,11H2,1-2H3,(H,12,13,14). The van der Waals surface area contributed by atoms with Crippen LogP contribution in [0, 0.1) is 6.92 Å². The van der Waals surface area contributed by atoms with Crippen molar-refractivity contribution < 1.29 is 4.74 Å². The largest absolute Gasteiger partial charge is 0.380 e. The fourth-order valence-corrected chi connectivity index (χ4v) is 2.02. The Balaban J connectivity index is 2.21. The van der Waals surface area contributed by atoms with Gasteiger partial charge in [0.05, 0.1) is 6.10 Å². The minimum atomic E-state index is 0.295. The maximum absolute atomic E-state index is 5.39. The van der Waals surface area contributed by atoms with Crippen LogP contribution < -0.4 is 16.2 Å². The second kappa shape index (κ2) is 4.63. The molecule has 0 bridgehead atoms. The third-order valence-corrected chi connectivity index (χ3v) is 2.97. The number of nitrogens with two attached hydrogens (primary N) is 1. The van der Waals surface area contributed by atoms with E-state index in [1.807, 2.05) is 6.92 Å². The quantitative estimate of drug-likeness (QED) is 0.567. The van der Waals surface area contributed by atoms with E-state index >= 15 is 0 Å². The molecule has 2 heterocycles. The monoisotopic (exact) mass is 223 g/mol. The second-order valence-corrected chi connectivity index (χ2v) is 3.91. The summed E-state index contributed by atoms with van der Waals surface area (Å²) in [6, 6.07) is 0. The van der Waals surface area contributed by atoms with Crippen LogP contribution in [0.3, 0.4) is 0 Å². The molecule has 0 aromatic carbocycles. The van der Waals surface area contributed by atoms with E-state index in [0.29, 0.717) is 11.9 Å². The molecule has 0 aliphatic carbocycles. The number of hydrogen-bond acceptors (Lipinski definition) is 6. The van der Waals surface area contributed by atoms with Crippen LogP contribution in [-0.2, 0) is 4.74 Å². The summed E-state index contributed by atoms with van der Waals surface area (Å²) in [7, 11) is 1.74. The summed E-state index contributed by atoms with van der Waals surface area (Å²) >= 11 is 0. The minimum Gasteiger partial charge on any atom is -0.380 e. The maximum atomic E-state index is 5.39. The average Bonchev–Trinajstić information content (AvgIpc) is 2.78. The zero-order valence-corrected chi connectivity index (χ0v) is 9.60. The Morgan fingerprint density at radius 3 is 3.00 bits per heavy atom. The number of ether oxygens (including phenoxy) is 1. The van der Waals surface area contributed by atoms with Gasteiger partial charge in [-0.05, 0) is 13.3 Å². The molecule has 0 amide bonds. The summed E-state index contributed by atoms with van der Waals surface area (Å²) in [6.07, 6.45) is 2.85. The van der Waals surface area contributed by atoms with Crippen molar-refractivity contribution in [1.82, 2.24) is 9.97 Å². The van der Waals surface area contributed by atoms with E-state index in [1.54, 1.807) is 7.11 Å². The molecule has 1 aliphatic rings. The highest BCUT2D eigenvalue weighted by molar-refractivity contribution is 5.57. The molecule has 6 heteroatoms. The van der Waals surface area contributed by atoms with Gasteiger partial charge < -0.3 is 15.1 Å². The first kappa shape index (κ1) is 11.1. The molecule has 2 rings (SSSR count). The van der Waals surface area contributed by atoms with Crippen LogP contribution in [0.15, 0.2) is 6.33 Å². The average molecular weight is 223 g/mol. The summed E-state index contributed by atoms with van der Waals surface area (Å²) in [4.78, 5) is 10.6. The van der Waals surface area contributed by atoms with E-state index in [0.717, 1.165) is 30.9 Å². The summed E-state index contributed by atoms with van der Waals surface area (Å²) in [5, 5.41) is 0. The molecule has 1 atom stereocenters. The van der Waals surface area contributed by atoms with Gasteiger partial charge in [0.1, 0.15) is 18.0 Å². The molecule has 6 nitrogen and oxygen atoms in total. The highest BCUT2D eigenvalue weighted by Gasteiger charge is 2.24. The predicted molar refractivity (Wildman–Crippen MR) is 62.2 cm³/mol. The van der Waals surface area contributed by atoms with Gasteiger partial charge in [-0.3, -0.25) is 0 Å². The Bertz CT molecular complexity index is 370. The number of aromatic nitrogens is 2. The summed E-state index contributed by atoms with van der Waals surface area (Å²) in [5.74, 6) is 6.99. The Hall–Kier alpha value is -1.40. The number of hydrogen-bond donors (Lipinski definition) is 2. The Morgan fingerprint density at radius 2 is 2.38 bits per heavy atom. The normalized spacial score (nSPS) is 20.2. The van der Waals surface area contributed by atoms with E-state index in [1.165, 1.54) is 6.33 Å². The number of nitrogen functional groups attached to an aromatic ring is 1. The van der Waals surface area contributed by atoms with E-state index in [9.17, 15) is 0 Å². The fourth-order valence-electron chi connectivity index (χ4n) is 2.02. The Labute approximate surface area is 94.8 Å². The number of anilines is 2. The first-order valence-corrected chi connectivity index (χ1v) is 5.32. The molecular weight excluding hydrogens is 206 g/mol. The van der Waals surface area contributed by atoms with Crippen molar-refractivity contribution in [3.05, 3.63) is 11.9 Å². The molecule has 3 N–H and O–H groups in total. The number of methoxy groups -OCH3 is 1. The topological polar surface area (TPSA) is 76.3 Å². The lowest BCUT2D eigenvalue weighted by atomic mass is 10.3. The molecule has 1 aromatic heterocycles. The molecule has 1 aliphatic heterocycles.